The first kappa shape index (κ1) is 13.9. The summed E-state index contributed by atoms with van der Waals surface area (Å²) in [5, 5.41) is 10.2. The van der Waals surface area contributed by atoms with Gasteiger partial charge in [-0.15, -0.1) is 0 Å². The zero-order chi connectivity index (χ0) is 14.9. The Morgan fingerprint density at radius 1 is 1.00 bits per heavy atom. The molecular weight excluding hydrogens is 276 g/mol. The van der Waals surface area contributed by atoms with E-state index in [2.05, 4.69) is 48.0 Å². The van der Waals surface area contributed by atoms with Gasteiger partial charge in [0, 0.05) is 10.7 Å². The van der Waals surface area contributed by atoms with Gasteiger partial charge in [-0.05, 0) is 11.6 Å². The van der Waals surface area contributed by atoms with Crippen LogP contribution in [0.1, 0.15) is 5.56 Å². The van der Waals surface area contributed by atoms with Gasteiger partial charge in [0.1, 0.15) is 25.9 Å². The Kier molecular flexibility index (Phi) is 3.55. The maximum atomic E-state index is 5.96. The number of H-pyrrole nitrogens is 1. The lowest BCUT2D eigenvalue weighted by Gasteiger charge is -2.13. The van der Waals surface area contributed by atoms with Crippen molar-refractivity contribution in [1.82, 2.24) is 10.2 Å². The second kappa shape index (κ2) is 5.37. The fraction of sp³-hybridized carbons (Fsp3) is 0.235. The summed E-state index contributed by atoms with van der Waals surface area (Å²) in [7, 11) is -1.43. The van der Waals surface area contributed by atoms with Crippen molar-refractivity contribution in [1.29, 1.82) is 0 Å². The molecule has 4 heteroatoms. The molecule has 0 spiro atoms. The molecule has 0 amide bonds. The molecule has 0 saturated carbocycles. The number of hydrogen-bond donors (Lipinski definition) is 1. The Labute approximate surface area is 126 Å². The Morgan fingerprint density at radius 3 is 2.48 bits per heavy atom. The van der Waals surface area contributed by atoms with Crippen LogP contribution >= 0.6 is 0 Å². The number of benzene rings is 2. The highest BCUT2D eigenvalue weighted by atomic mass is 28.3. The molecule has 3 rings (SSSR count). The molecule has 0 aliphatic heterocycles. The second-order valence-corrected chi connectivity index (χ2v) is 11.3. The van der Waals surface area contributed by atoms with E-state index in [4.69, 9.17) is 4.74 Å². The van der Waals surface area contributed by atoms with Crippen LogP contribution in [0.25, 0.3) is 10.9 Å². The lowest BCUT2D eigenvalue weighted by molar-refractivity contribution is 0.309. The zero-order valence-electron chi connectivity index (χ0n) is 12.7. The third-order valence-corrected chi connectivity index (χ3v) is 5.42. The summed E-state index contributed by atoms with van der Waals surface area (Å²) in [5.74, 6) is 0.845. The fourth-order valence-electron chi connectivity index (χ4n) is 2.43. The molecule has 3 aromatic rings. The number of aromatic amines is 1. The van der Waals surface area contributed by atoms with Gasteiger partial charge in [-0.1, -0.05) is 62.1 Å². The predicted octanol–water partition coefficient (Wildman–Crippen LogP) is 3.69. The molecule has 0 bridgehead atoms. The quantitative estimate of drug-likeness (QED) is 0.746. The van der Waals surface area contributed by atoms with Crippen molar-refractivity contribution < 1.29 is 4.74 Å². The average molecular weight is 296 g/mol. The number of nitrogens with one attached hydrogen (secondary N) is 1. The first-order valence-electron chi connectivity index (χ1n) is 7.20. The summed E-state index contributed by atoms with van der Waals surface area (Å²) in [4.78, 5) is 0. The molecule has 0 aliphatic rings. The lowest BCUT2D eigenvalue weighted by Crippen LogP contribution is -2.39. The van der Waals surface area contributed by atoms with Crippen molar-refractivity contribution in [2.75, 3.05) is 0 Å². The summed E-state index contributed by atoms with van der Waals surface area (Å²) < 4.78 is 5.96. The van der Waals surface area contributed by atoms with E-state index in [0.29, 0.717) is 6.61 Å². The third kappa shape index (κ3) is 2.85. The number of hydrogen-bond acceptors (Lipinski definition) is 2. The highest BCUT2D eigenvalue weighted by molar-refractivity contribution is 6.89. The summed E-state index contributed by atoms with van der Waals surface area (Å²) >= 11 is 0. The van der Waals surface area contributed by atoms with Gasteiger partial charge in [0.2, 0.25) is 0 Å². The van der Waals surface area contributed by atoms with Gasteiger partial charge in [-0.25, -0.2) is 0 Å². The van der Waals surface area contributed by atoms with Gasteiger partial charge in [0.15, 0.2) is 0 Å². The molecule has 1 aromatic heterocycles. The smallest absolute Gasteiger partial charge is 0.147 e. The van der Waals surface area contributed by atoms with Gasteiger partial charge in [-0.2, -0.15) is 5.10 Å². The van der Waals surface area contributed by atoms with Crippen LogP contribution in [0.3, 0.4) is 0 Å². The molecular formula is C17H20N2OSi. The van der Waals surface area contributed by atoms with Crippen LogP contribution < -0.4 is 10.1 Å². The van der Waals surface area contributed by atoms with E-state index in [1.165, 1.54) is 10.7 Å². The summed E-state index contributed by atoms with van der Waals surface area (Å²) in [5.41, 5.74) is 2.10. The minimum absolute atomic E-state index is 0.565. The highest BCUT2D eigenvalue weighted by Crippen LogP contribution is 2.24. The predicted molar refractivity (Wildman–Crippen MR) is 89.8 cm³/mol. The molecule has 0 unspecified atom stereocenters. The zero-order valence-corrected chi connectivity index (χ0v) is 13.7. The van der Waals surface area contributed by atoms with Crippen molar-refractivity contribution >= 4 is 24.3 Å². The number of aromatic nitrogens is 2. The fourth-order valence-corrected chi connectivity index (χ4v) is 3.84. The maximum Gasteiger partial charge on any atom is 0.147 e. The van der Waals surface area contributed by atoms with Gasteiger partial charge < -0.3 is 4.74 Å². The van der Waals surface area contributed by atoms with Gasteiger partial charge in [0.25, 0.3) is 0 Å². The third-order valence-electron chi connectivity index (χ3n) is 3.54. The van der Waals surface area contributed by atoms with Crippen molar-refractivity contribution in [2.45, 2.75) is 26.2 Å². The Hall–Kier alpha value is -2.07. The molecule has 2 aromatic carbocycles. The largest absolute Gasteiger partial charge is 0.487 e. The average Bonchev–Trinajstić information content (AvgIpc) is 2.90. The van der Waals surface area contributed by atoms with Gasteiger partial charge in [0.05, 0.1) is 0 Å². The Bertz CT molecular complexity index is 744. The minimum atomic E-state index is -1.43. The Morgan fingerprint density at radius 2 is 1.76 bits per heavy atom. The van der Waals surface area contributed by atoms with E-state index >= 15 is 0 Å². The molecule has 0 saturated heterocycles. The summed E-state index contributed by atoms with van der Waals surface area (Å²) in [6.45, 7) is 7.52. The first-order valence-corrected chi connectivity index (χ1v) is 10.7. The highest BCUT2D eigenvalue weighted by Gasteiger charge is 2.22. The normalized spacial score (nSPS) is 11.8. The number of nitrogens with zero attached hydrogens (tertiary/aromatic N) is 1. The molecule has 3 nitrogen and oxygen atoms in total. The standard InChI is InChI=1S/C17H20N2OSi/c1-21(2,3)17-14-10-7-11-15(16(14)18-19-17)20-12-13-8-5-4-6-9-13/h4-11H,12H2,1-3H3,(H,18,19). The molecule has 0 atom stereocenters. The number of rotatable bonds is 4. The van der Waals surface area contributed by atoms with Crippen LogP contribution in [0.15, 0.2) is 48.5 Å². The number of fused-ring (bicyclic) bond motifs is 1. The van der Waals surface area contributed by atoms with Crippen LogP contribution in [-0.4, -0.2) is 18.3 Å². The van der Waals surface area contributed by atoms with Gasteiger partial charge in [-0.3, -0.25) is 5.10 Å². The lowest BCUT2D eigenvalue weighted by atomic mass is 10.2. The van der Waals surface area contributed by atoms with Crippen LogP contribution in [-0.2, 0) is 6.61 Å². The van der Waals surface area contributed by atoms with Crippen LogP contribution in [0.2, 0.25) is 19.6 Å². The van der Waals surface area contributed by atoms with E-state index in [0.717, 1.165) is 16.8 Å². The molecule has 1 heterocycles. The molecule has 1 N–H and O–H groups in total. The van der Waals surface area contributed by atoms with E-state index in [-0.39, 0.29) is 0 Å². The summed E-state index contributed by atoms with van der Waals surface area (Å²) in [6.07, 6.45) is 0. The Balaban J connectivity index is 1.91. The van der Waals surface area contributed by atoms with E-state index in [1.54, 1.807) is 0 Å². The van der Waals surface area contributed by atoms with Gasteiger partial charge >= 0.3 is 0 Å². The van der Waals surface area contributed by atoms with Crippen molar-refractivity contribution in [2.24, 2.45) is 0 Å². The van der Waals surface area contributed by atoms with E-state index in [1.807, 2.05) is 30.3 Å². The second-order valence-electron chi connectivity index (χ2n) is 6.28. The van der Waals surface area contributed by atoms with E-state index < -0.39 is 8.07 Å². The monoisotopic (exact) mass is 296 g/mol. The number of ether oxygens (including phenoxy) is 1. The first-order chi connectivity index (χ1) is 10.1. The molecule has 21 heavy (non-hydrogen) atoms. The van der Waals surface area contributed by atoms with Crippen molar-refractivity contribution in [3.05, 3.63) is 54.1 Å². The van der Waals surface area contributed by atoms with Crippen LogP contribution in [0.4, 0.5) is 0 Å². The summed E-state index contributed by atoms with van der Waals surface area (Å²) in [6, 6.07) is 16.4. The SMILES string of the molecule is C[Si](C)(C)c1[nH]nc2c(OCc3ccccc3)cccc12. The number of para-hydroxylation sites is 1. The topological polar surface area (TPSA) is 37.9 Å². The van der Waals surface area contributed by atoms with Crippen molar-refractivity contribution in [3.63, 3.8) is 0 Å². The minimum Gasteiger partial charge on any atom is -0.487 e. The van der Waals surface area contributed by atoms with Crippen LogP contribution in [0, 0.1) is 0 Å². The molecule has 0 fully saturated rings. The van der Waals surface area contributed by atoms with Crippen LogP contribution in [0.5, 0.6) is 5.75 Å². The van der Waals surface area contributed by atoms with E-state index in [9.17, 15) is 0 Å². The van der Waals surface area contributed by atoms with Crippen molar-refractivity contribution in [3.8, 4) is 5.75 Å². The molecule has 0 radical (unpaired) electrons. The molecule has 108 valence electrons. The molecule has 0 aliphatic carbocycles. The maximum absolute atomic E-state index is 5.96.